The molecule has 0 spiro atoms. The van der Waals surface area contributed by atoms with Crippen LogP contribution in [0.2, 0.25) is 0 Å². The Morgan fingerprint density at radius 1 is 0.857 bits per heavy atom. The van der Waals surface area contributed by atoms with Crippen LogP contribution in [0.15, 0.2) is 77.7 Å². The van der Waals surface area contributed by atoms with Crippen molar-refractivity contribution in [2.45, 2.75) is 18.2 Å². The van der Waals surface area contributed by atoms with E-state index in [1.165, 1.54) is 43.5 Å². The van der Waals surface area contributed by atoms with Crippen LogP contribution >= 0.6 is 0 Å². The summed E-state index contributed by atoms with van der Waals surface area (Å²) in [7, 11) is -2.47. The van der Waals surface area contributed by atoms with Gasteiger partial charge in [0, 0.05) is 23.4 Å². The maximum absolute atomic E-state index is 12.7. The number of amides is 1. The first-order chi connectivity index (χ1) is 16.7. The Hall–Kier alpha value is -4.18. The van der Waals surface area contributed by atoms with Crippen molar-refractivity contribution < 1.29 is 32.3 Å². The molecule has 9 nitrogen and oxygen atoms in total. The van der Waals surface area contributed by atoms with E-state index in [0.29, 0.717) is 29.1 Å². The highest BCUT2D eigenvalue weighted by atomic mass is 32.2. The van der Waals surface area contributed by atoms with Crippen molar-refractivity contribution in [2.75, 3.05) is 23.8 Å². The van der Waals surface area contributed by atoms with Gasteiger partial charge in [0.05, 0.1) is 17.6 Å². The number of Topliss-reactive ketones (excluding diaryl/α,β-unsaturated/α-hetero) is 1. The zero-order chi connectivity index (χ0) is 25.4. The minimum absolute atomic E-state index is 0.0203. The monoisotopic (exact) mass is 496 g/mol. The average molecular weight is 497 g/mol. The maximum Gasteiger partial charge on any atom is 0.338 e. The number of esters is 1. The molecular formula is C25H24N2O7S. The fourth-order valence-corrected chi connectivity index (χ4v) is 4.05. The second kappa shape index (κ2) is 11.3. The summed E-state index contributed by atoms with van der Waals surface area (Å²) in [6.45, 7) is 1.20. The number of ether oxygens (including phenoxy) is 2. The molecule has 1 amide bonds. The van der Waals surface area contributed by atoms with E-state index in [1.54, 1.807) is 43.3 Å². The first-order valence-corrected chi connectivity index (χ1v) is 12.1. The quantitative estimate of drug-likeness (QED) is 0.322. The molecule has 0 fully saturated rings. The Kier molecular flexibility index (Phi) is 8.21. The molecule has 3 aromatic carbocycles. The highest BCUT2D eigenvalue weighted by Crippen LogP contribution is 2.20. The first kappa shape index (κ1) is 25.4. The van der Waals surface area contributed by atoms with Crippen LogP contribution in [0.3, 0.4) is 0 Å². The van der Waals surface area contributed by atoms with Gasteiger partial charge in [-0.15, -0.1) is 0 Å². The molecule has 35 heavy (non-hydrogen) atoms. The van der Waals surface area contributed by atoms with Gasteiger partial charge < -0.3 is 14.8 Å². The number of anilines is 2. The Morgan fingerprint density at radius 2 is 1.51 bits per heavy atom. The van der Waals surface area contributed by atoms with Crippen molar-refractivity contribution in [3.05, 3.63) is 83.9 Å². The molecular weight excluding hydrogens is 472 g/mol. The third-order valence-corrected chi connectivity index (χ3v) is 6.25. The fourth-order valence-electron chi connectivity index (χ4n) is 2.95. The van der Waals surface area contributed by atoms with Gasteiger partial charge in [-0.25, -0.2) is 13.2 Å². The lowest BCUT2D eigenvalue weighted by Gasteiger charge is -2.10. The van der Waals surface area contributed by atoms with Crippen molar-refractivity contribution in [1.82, 2.24) is 0 Å². The molecule has 0 heterocycles. The number of hydrogen-bond acceptors (Lipinski definition) is 7. The Bertz CT molecular complexity index is 1320. The van der Waals surface area contributed by atoms with Crippen LogP contribution in [0, 0.1) is 0 Å². The molecule has 182 valence electrons. The number of benzene rings is 3. The number of sulfonamides is 1. The fraction of sp³-hybridized carbons (Fsp3) is 0.160. The SMILES string of the molecule is CCC(=O)Nc1ccc(C(=O)COC(=O)c2cccc(S(=O)(=O)Nc3ccc(OC)cc3)c2)cc1. The molecule has 0 saturated heterocycles. The number of hydrogen-bond donors (Lipinski definition) is 2. The largest absolute Gasteiger partial charge is 0.497 e. The average Bonchev–Trinajstić information content (AvgIpc) is 2.87. The summed E-state index contributed by atoms with van der Waals surface area (Å²) in [6.07, 6.45) is 0.330. The lowest BCUT2D eigenvalue weighted by molar-refractivity contribution is -0.115. The van der Waals surface area contributed by atoms with Gasteiger partial charge in [-0.2, -0.15) is 0 Å². The number of ketones is 1. The Morgan fingerprint density at radius 3 is 2.14 bits per heavy atom. The third-order valence-electron chi connectivity index (χ3n) is 4.87. The molecule has 0 bridgehead atoms. The molecule has 2 N–H and O–H groups in total. The van der Waals surface area contributed by atoms with E-state index < -0.39 is 28.4 Å². The molecule has 0 unspecified atom stereocenters. The molecule has 0 aliphatic rings. The Labute approximate surface area is 203 Å². The number of methoxy groups -OCH3 is 1. The lowest BCUT2D eigenvalue weighted by Crippen LogP contribution is -2.16. The molecule has 0 radical (unpaired) electrons. The van der Waals surface area contributed by atoms with Gasteiger partial charge in [0.25, 0.3) is 10.0 Å². The van der Waals surface area contributed by atoms with Gasteiger partial charge in [0.2, 0.25) is 5.91 Å². The van der Waals surface area contributed by atoms with E-state index >= 15 is 0 Å². The maximum atomic E-state index is 12.7. The number of carbonyl (C=O) groups excluding carboxylic acids is 3. The van der Waals surface area contributed by atoms with Gasteiger partial charge in [-0.1, -0.05) is 13.0 Å². The van der Waals surface area contributed by atoms with Gasteiger partial charge in [0.15, 0.2) is 12.4 Å². The Balaban J connectivity index is 1.63. The molecule has 10 heteroatoms. The zero-order valence-electron chi connectivity index (χ0n) is 19.1. The van der Waals surface area contributed by atoms with Crippen molar-refractivity contribution >= 4 is 39.1 Å². The first-order valence-electron chi connectivity index (χ1n) is 10.6. The predicted molar refractivity (Wildman–Crippen MR) is 130 cm³/mol. The van der Waals surface area contributed by atoms with E-state index in [-0.39, 0.29) is 16.4 Å². The second-order valence-corrected chi connectivity index (χ2v) is 9.02. The highest BCUT2D eigenvalue weighted by Gasteiger charge is 2.18. The van der Waals surface area contributed by atoms with E-state index in [4.69, 9.17) is 9.47 Å². The zero-order valence-corrected chi connectivity index (χ0v) is 19.9. The topological polar surface area (TPSA) is 128 Å². The van der Waals surface area contributed by atoms with Crippen LogP contribution < -0.4 is 14.8 Å². The summed E-state index contributed by atoms with van der Waals surface area (Å²) in [5.74, 6) is -0.865. The summed E-state index contributed by atoms with van der Waals surface area (Å²) in [6, 6.07) is 17.8. The van der Waals surface area contributed by atoms with Gasteiger partial charge in [-0.05, 0) is 66.7 Å². The van der Waals surface area contributed by atoms with Crippen LogP contribution in [0.1, 0.15) is 34.1 Å². The van der Waals surface area contributed by atoms with E-state index in [1.807, 2.05) is 0 Å². The summed E-state index contributed by atoms with van der Waals surface area (Å²) >= 11 is 0. The van der Waals surface area contributed by atoms with E-state index in [2.05, 4.69) is 10.0 Å². The minimum atomic E-state index is -3.97. The molecule has 3 rings (SSSR count). The standard InChI is InChI=1S/C25H24N2O7S/c1-3-24(29)26-19-9-7-17(8-10-19)23(28)16-34-25(30)18-5-4-6-22(15-18)35(31,32)27-20-11-13-21(33-2)14-12-20/h4-15,27H,3,16H2,1-2H3,(H,26,29). The van der Waals surface area contributed by atoms with Crippen LogP contribution in [0.4, 0.5) is 11.4 Å². The van der Waals surface area contributed by atoms with Gasteiger partial charge in [0.1, 0.15) is 5.75 Å². The minimum Gasteiger partial charge on any atom is -0.497 e. The van der Waals surface area contributed by atoms with Gasteiger partial charge in [-0.3, -0.25) is 14.3 Å². The smallest absolute Gasteiger partial charge is 0.338 e. The van der Waals surface area contributed by atoms with Crippen LogP contribution in [-0.4, -0.2) is 39.8 Å². The number of carbonyl (C=O) groups is 3. The molecule has 0 aromatic heterocycles. The van der Waals surface area contributed by atoms with Crippen molar-refractivity contribution in [2.24, 2.45) is 0 Å². The van der Waals surface area contributed by atoms with Crippen LogP contribution in [0.25, 0.3) is 0 Å². The summed E-state index contributed by atoms with van der Waals surface area (Å²) < 4.78 is 38.0. The third kappa shape index (κ3) is 6.90. The molecule has 3 aromatic rings. The second-order valence-electron chi connectivity index (χ2n) is 7.34. The highest BCUT2D eigenvalue weighted by molar-refractivity contribution is 7.92. The molecule has 0 aliphatic heterocycles. The van der Waals surface area contributed by atoms with E-state index in [9.17, 15) is 22.8 Å². The normalized spacial score (nSPS) is 10.8. The van der Waals surface area contributed by atoms with Crippen LogP contribution in [0.5, 0.6) is 5.75 Å². The summed E-state index contributed by atoms with van der Waals surface area (Å²) in [4.78, 5) is 36.1. The molecule has 0 aliphatic carbocycles. The van der Waals surface area contributed by atoms with E-state index in [0.717, 1.165) is 0 Å². The van der Waals surface area contributed by atoms with Crippen molar-refractivity contribution in [3.63, 3.8) is 0 Å². The predicted octanol–water partition coefficient (Wildman–Crippen LogP) is 3.88. The van der Waals surface area contributed by atoms with Gasteiger partial charge >= 0.3 is 5.97 Å². The summed E-state index contributed by atoms with van der Waals surface area (Å²) in [5.41, 5.74) is 1.15. The summed E-state index contributed by atoms with van der Waals surface area (Å²) in [5, 5.41) is 2.67. The van der Waals surface area contributed by atoms with Crippen molar-refractivity contribution in [3.8, 4) is 5.75 Å². The number of nitrogens with one attached hydrogen (secondary N) is 2. The van der Waals surface area contributed by atoms with Crippen LogP contribution in [-0.2, 0) is 19.6 Å². The van der Waals surface area contributed by atoms with Crippen molar-refractivity contribution in [1.29, 1.82) is 0 Å². The lowest BCUT2D eigenvalue weighted by atomic mass is 10.1. The number of rotatable bonds is 10. The molecule has 0 atom stereocenters. The molecule has 0 saturated carbocycles.